The van der Waals surface area contributed by atoms with E-state index in [9.17, 15) is 19.6 Å². The van der Waals surface area contributed by atoms with Crippen molar-refractivity contribution in [1.29, 1.82) is 10.5 Å². The third-order valence-electron chi connectivity index (χ3n) is 7.51. The lowest BCUT2D eigenvalue weighted by molar-refractivity contribution is -0.191. The van der Waals surface area contributed by atoms with Gasteiger partial charge in [-0.1, -0.05) is 36.2 Å². The largest absolute Gasteiger partial charge is 0.481 e. The Hall–Kier alpha value is -4.62. The molecule has 4 rings (SSSR count). The molecule has 1 atom stereocenters. The first-order valence-corrected chi connectivity index (χ1v) is 16.1. The first kappa shape index (κ1) is 47.5. The summed E-state index contributed by atoms with van der Waals surface area (Å²) in [6.45, 7) is 5.02. The van der Waals surface area contributed by atoms with Gasteiger partial charge >= 0.3 is 18.1 Å². The third-order valence-corrected chi connectivity index (χ3v) is 7.94. The fourth-order valence-electron chi connectivity index (χ4n) is 4.78. The minimum absolute atomic E-state index is 0. The van der Waals surface area contributed by atoms with Gasteiger partial charge in [-0.25, -0.2) is 0 Å². The average molecular weight is 736 g/mol. The third kappa shape index (κ3) is 16.2. The van der Waals surface area contributed by atoms with Gasteiger partial charge in [0, 0.05) is 35.0 Å². The van der Waals surface area contributed by atoms with Crippen molar-refractivity contribution in [3.63, 3.8) is 0 Å². The molecule has 2 saturated carbocycles. The number of carbonyl (C=O) groups excluding carboxylic acids is 4. The predicted molar refractivity (Wildman–Crippen MR) is 185 cm³/mol. The molecule has 7 N–H and O–H groups in total. The molecule has 0 aromatic heterocycles. The van der Waals surface area contributed by atoms with Crippen LogP contribution in [0.4, 0.5) is 0 Å². The standard InChI is InChI=1S/C16H19ClN2O2.C12H10ClNO.C4H8O2.C2H4O2.CO2.H3N/c1-2-21-15(20)9-14(19)11-6-12(8-13(17)7-11)16(10-18)4-3-5-16;13-11-5-9(7-15)4-10(6-11)12(8-14)2-1-3-12;1-2-3-4(5)6;1-2(3)4;2-1-3;/h6-8,14H,2-5,9,19H2,1H3;4-7H,1-3H2;2-3H2,1H3,(H,5,6);1H3,(H,3,4);;1H3. The Labute approximate surface area is 301 Å². The number of aliphatic carboxylic acids is 2. The molecule has 13 nitrogen and oxygen atoms in total. The molecular weight excluding hydrogens is 691 g/mol. The fourth-order valence-corrected chi connectivity index (χ4v) is 5.27. The van der Waals surface area contributed by atoms with Crippen LogP contribution in [0.2, 0.25) is 10.0 Å². The van der Waals surface area contributed by atoms with Crippen LogP contribution >= 0.6 is 23.2 Å². The van der Waals surface area contributed by atoms with Gasteiger partial charge in [-0.3, -0.25) is 19.2 Å². The highest BCUT2D eigenvalue weighted by Gasteiger charge is 2.40. The molecule has 0 aliphatic heterocycles. The van der Waals surface area contributed by atoms with Gasteiger partial charge in [0.15, 0.2) is 0 Å². The van der Waals surface area contributed by atoms with Gasteiger partial charge in [-0.15, -0.1) is 0 Å². The molecule has 0 heterocycles. The van der Waals surface area contributed by atoms with Gasteiger partial charge in [-0.05, 0) is 98.9 Å². The number of carbonyl (C=O) groups is 4. The highest BCUT2D eigenvalue weighted by molar-refractivity contribution is 6.31. The van der Waals surface area contributed by atoms with E-state index in [2.05, 4.69) is 12.1 Å². The number of carboxylic acids is 2. The second-order valence-electron chi connectivity index (χ2n) is 11.1. The number of nitriles is 2. The Morgan fingerprint density at radius 2 is 1.36 bits per heavy atom. The number of nitrogens with two attached hydrogens (primary N) is 1. The van der Waals surface area contributed by atoms with Crippen molar-refractivity contribution in [2.45, 2.75) is 95.4 Å². The SMILES string of the molecule is CC(=O)O.CCCC(=O)O.CCOC(=O)CC(N)c1cc(Cl)cc(C2(C#N)CCC2)c1.N.N#CC1(c2cc(Cl)cc(C=O)c2)CCC1.O=C=O. The van der Waals surface area contributed by atoms with E-state index < -0.39 is 28.8 Å². The van der Waals surface area contributed by atoms with Crippen molar-refractivity contribution >= 4 is 53.5 Å². The maximum absolute atomic E-state index is 11.5. The molecule has 0 saturated heterocycles. The molecule has 0 amide bonds. The molecule has 2 aliphatic rings. The number of carboxylic acid groups (broad SMARTS) is 2. The van der Waals surface area contributed by atoms with Gasteiger partial charge in [0.05, 0.1) is 36.0 Å². The first-order chi connectivity index (χ1) is 23.1. The van der Waals surface area contributed by atoms with E-state index in [1.165, 1.54) is 0 Å². The maximum atomic E-state index is 11.5. The second-order valence-corrected chi connectivity index (χ2v) is 12.0. The smallest absolute Gasteiger partial charge is 0.373 e. The zero-order valence-corrected chi connectivity index (χ0v) is 29.9. The van der Waals surface area contributed by atoms with Crippen LogP contribution in [0.5, 0.6) is 0 Å². The summed E-state index contributed by atoms with van der Waals surface area (Å²) in [7, 11) is 0. The molecule has 2 fully saturated rings. The lowest BCUT2D eigenvalue weighted by Crippen LogP contribution is -2.32. The van der Waals surface area contributed by atoms with Gasteiger partial charge < -0.3 is 26.8 Å². The van der Waals surface area contributed by atoms with Crippen LogP contribution in [0.3, 0.4) is 0 Å². The van der Waals surface area contributed by atoms with Crippen molar-refractivity contribution in [3.05, 3.63) is 68.7 Å². The Balaban J connectivity index is 0. The zero-order valence-electron chi connectivity index (χ0n) is 28.4. The molecule has 2 aliphatic carbocycles. The fraction of sp³-hybridized carbons (Fsp3) is 0.457. The van der Waals surface area contributed by atoms with Crippen LogP contribution in [0.15, 0.2) is 36.4 Å². The average Bonchev–Trinajstić information content (AvgIpc) is 2.97. The van der Waals surface area contributed by atoms with Crippen LogP contribution in [0.25, 0.3) is 0 Å². The van der Waals surface area contributed by atoms with Crippen molar-refractivity contribution in [2.24, 2.45) is 5.73 Å². The Morgan fingerprint density at radius 1 is 0.920 bits per heavy atom. The number of ether oxygens (including phenoxy) is 1. The predicted octanol–water partition coefficient (Wildman–Crippen LogP) is 6.88. The molecule has 0 bridgehead atoms. The van der Waals surface area contributed by atoms with E-state index in [-0.39, 0.29) is 24.7 Å². The monoisotopic (exact) mass is 734 g/mol. The van der Waals surface area contributed by atoms with E-state index in [1.807, 2.05) is 19.1 Å². The Morgan fingerprint density at radius 3 is 1.68 bits per heavy atom. The molecular formula is C35H44Cl2N4O9. The lowest BCUT2D eigenvalue weighted by Gasteiger charge is -2.36. The molecule has 1 unspecified atom stereocenters. The van der Waals surface area contributed by atoms with E-state index in [0.29, 0.717) is 28.6 Å². The van der Waals surface area contributed by atoms with Crippen LogP contribution in [0.1, 0.15) is 112 Å². The summed E-state index contributed by atoms with van der Waals surface area (Å²) in [4.78, 5) is 57.1. The van der Waals surface area contributed by atoms with Crippen molar-refractivity contribution in [2.75, 3.05) is 6.61 Å². The number of benzene rings is 2. The summed E-state index contributed by atoms with van der Waals surface area (Å²) in [5.41, 5.74) is 8.32. The minimum Gasteiger partial charge on any atom is -0.481 e. The molecule has 272 valence electrons. The number of esters is 1. The lowest BCUT2D eigenvalue weighted by atomic mass is 9.65. The summed E-state index contributed by atoms with van der Waals surface area (Å²) >= 11 is 12.1. The zero-order chi connectivity index (χ0) is 37.6. The summed E-state index contributed by atoms with van der Waals surface area (Å²) < 4.78 is 4.91. The molecule has 2 aromatic carbocycles. The topological polar surface area (TPSA) is 261 Å². The van der Waals surface area contributed by atoms with Crippen LogP contribution in [0, 0.1) is 22.7 Å². The van der Waals surface area contributed by atoms with Crippen molar-refractivity contribution < 1.29 is 43.7 Å². The quantitative estimate of drug-likeness (QED) is 0.151. The van der Waals surface area contributed by atoms with Gasteiger partial charge in [0.1, 0.15) is 6.29 Å². The van der Waals surface area contributed by atoms with Gasteiger partial charge in [0.25, 0.3) is 5.97 Å². The van der Waals surface area contributed by atoms with Crippen LogP contribution in [-0.4, -0.2) is 47.2 Å². The first-order valence-electron chi connectivity index (χ1n) is 15.3. The number of halogens is 2. The minimum atomic E-state index is -0.833. The maximum Gasteiger partial charge on any atom is 0.373 e. The van der Waals surface area contributed by atoms with Gasteiger partial charge in [-0.2, -0.15) is 20.1 Å². The van der Waals surface area contributed by atoms with E-state index in [0.717, 1.165) is 74.8 Å². The molecule has 50 heavy (non-hydrogen) atoms. The van der Waals surface area contributed by atoms with Crippen LogP contribution < -0.4 is 11.9 Å². The summed E-state index contributed by atoms with van der Waals surface area (Å²) in [5, 5.41) is 35.0. The summed E-state index contributed by atoms with van der Waals surface area (Å²) in [6.07, 6.45) is 7.67. The van der Waals surface area contributed by atoms with E-state index in [4.69, 9.17) is 63.5 Å². The highest BCUT2D eigenvalue weighted by atomic mass is 35.5. The van der Waals surface area contributed by atoms with Crippen molar-refractivity contribution in [1.82, 2.24) is 6.15 Å². The number of hydrogen-bond acceptors (Lipinski definition) is 11. The highest BCUT2D eigenvalue weighted by Crippen LogP contribution is 2.45. The Kier molecular flexibility index (Phi) is 23.3. The molecule has 0 spiro atoms. The normalized spacial score (nSPS) is 14.2. The van der Waals surface area contributed by atoms with Crippen LogP contribution in [-0.2, 0) is 39.5 Å². The summed E-state index contributed by atoms with van der Waals surface area (Å²) in [6, 6.07) is 14.9. The second kappa shape index (κ2) is 24.5. The Bertz CT molecular complexity index is 1540. The molecule has 15 heteroatoms. The number of hydrogen-bond donors (Lipinski definition) is 4. The number of rotatable bonds is 9. The van der Waals surface area contributed by atoms with E-state index >= 15 is 0 Å². The molecule has 2 aromatic rings. The summed E-state index contributed by atoms with van der Waals surface area (Å²) in [5.74, 6) is -1.87. The van der Waals surface area contributed by atoms with Gasteiger partial charge in [0.2, 0.25) is 0 Å². The van der Waals surface area contributed by atoms with Crippen molar-refractivity contribution in [3.8, 4) is 12.1 Å². The molecule has 0 radical (unpaired) electrons. The van der Waals surface area contributed by atoms with E-state index in [1.54, 1.807) is 31.2 Å². The number of nitrogens with zero attached hydrogens (tertiary/aromatic N) is 2. The number of aldehydes is 1.